The third-order valence-corrected chi connectivity index (χ3v) is 2.91. The van der Waals surface area contributed by atoms with E-state index in [4.69, 9.17) is 5.73 Å². The Morgan fingerprint density at radius 2 is 1.90 bits per heavy atom. The van der Waals surface area contributed by atoms with Gasteiger partial charge in [-0.25, -0.2) is 4.98 Å². The first kappa shape index (κ1) is 16.9. The van der Waals surface area contributed by atoms with Crippen molar-refractivity contribution >= 4 is 23.3 Å². The number of hydrogen-bond donors (Lipinski definition) is 3. The number of hydrogen-bond acceptors (Lipinski definition) is 4. The standard InChI is InChI=1S/C15H24N4O2/c1-9(2)7-13(20)19-14(10(3)4)15(21)18-11-5-6-12(16)17-8-11/h5-6,8-10,14H,7H2,1-4H3,(H2,16,17)(H,18,21)(H,19,20). The van der Waals surface area contributed by atoms with Crippen LogP contribution in [-0.4, -0.2) is 22.8 Å². The number of nitrogens with two attached hydrogens (primary N) is 1. The van der Waals surface area contributed by atoms with Gasteiger partial charge in [-0.15, -0.1) is 0 Å². The normalized spacial score (nSPS) is 12.3. The fourth-order valence-corrected chi connectivity index (χ4v) is 1.84. The first-order valence-electron chi connectivity index (χ1n) is 7.11. The third-order valence-electron chi connectivity index (χ3n) is 2.91. The van der Waals surface area contributed by atoms with Gasteiger partial charge < -0.3 is 16.4 Å². The average Bonchev–Trinajstić information content (AvgIpc) is 2.37. The van der Waals surface area contributed by atoms with Crippen LogP contribution in [0.4, 0.5) is 11.5 Å². The van der Waals surface area contributed by atoms with E-state index in [2.05, 4.69) is 15.6 Å². The van der Waals surface area contributed by atoms with E-state index >= 15 is 0 Å². The molecule has 1 atom stereocenters. The van der Waals surface area contributed by atoms with Gasteiger partial charge >= 0.3 is 0 Å². The predicted octanol–water partition coefficient (Wildman–Crippen LogP) is 1.79. The van der Waals surface area contributed by atoms with Crippen molar-refractivity contribution in [1.29, 1.82) is 0 Å². The van der Waals surface area contributed by atoms with Gasteiger partial charge in [0.2, 0.25) is 11.8 Å². The lowest BCUT2D eigenvalue weighted by atomic mass is 10.0. The van der Waals surface area contributed by atoms with Crippen molar-refractivity contribution in [3.8, 4) is 0 Å². The first-order valence-corrected chi connectivity index (χ1v) is 7.11. The fourth-order valence-electron chi connectivity index (χ4n) is 1.84. The zero-order valence-corrected chi connectivity index (χ0v) is 13.0. The molecule has 0 aromatic carbocycles. The molecule has 0 bridgehead atoms. The Kier molecular flexibility index (Phi) is 6.14. The lowest BCUT2D eigenvalue weighted by Gasteiger charge is -2.22. The Morgan fingerprint density at radius 3 is 2.38 bits per heavy atom. The smallest absolute Gasteiger partial charge is 0.247 e. The van der Waals surface area contributed by atoms with Crippen LogP contribution in [0.25, 0.3) is 0 Å². The molecule has 1 unspecified atom stereocenters. The Balaban J connectivity index is 2.69. The molecule has 0 radical (unpaired) electrons. The van der Waals surface area contributed by atoms with Crippen LogP contribution in [-0.2, 0) is 9.59 Å². The van der Waals surface area contributed by atoms with Crippen LogP contribution >= 0.6 is 0 Å². The molecule has 6 nitrogen and oxygen atoms in total. The first-order chi connectivity index (χ1) is 9.79. The highest BCUT2D eigenvalue weighted by Crippen LogP contribution is 2.11. The highest BCUT2D eigenvalue weighted by molar-refractivity contribution is 5.97. The Labute approximate surface area is 125 Å². The molecule has 4 N–H and O–H groups in total. The van der Waals surface area contributed by atoms with Gasteiger partial charge in [0.1, 0.15) is 11.9 Å². The summed E-state index contributed by atoms with van der Waals surface area (Å²) in [5.74, 6) is 0.256. The van der Waals surface area contributed by atoms with Crippen LogP contribution in [0.3, 0.4) is 0 Å². The number of nitrogens with one attached hydrogen (secondary N) is 2. The molecule has 1 aromatic rings. The maximum atomic E-state index is 12.3. The molecule has 1 rings (SSSR count). The van der Waals surface area contributed by atoms with E-state index in [1.165, 1.54) is 6.20 Å². The monoisotopic (exact) mass is 292 g/mol. The summed E-state index contributed by atoms with van der Waals surface area (Å²) in [4.78, 5) is 28.0. The number of pyridine rings is 1. The van der Waals surface area contributed by atoms with Gasteiger partial charge in [-0.05, 0) is 24.0 Å². The zero-order valence-electron chi connectivity index (χ0n) is 13.0. The Morgan fingerprint density at radius 1 is 1.24 bits per heavy atom. The van der Waals surface area contributed by atoms with Crippen molar-refractivity contribution in [2.75, 3.05) is 11.1 Å². The number of nitrogen functional groups attached to an aromatic ring is 1. The molecule has 0 aliphatic heterocycles. The average molecular weight is 292 g/mol. The molecule has 0 aliphatic rings. The largest absolute Gasteiger partial charge is 0.384 e. The predicted molar refractivity (Wildman–Crippen MR) is 83.5 cm³/mol. The molecule has 2 amide bonds. The van der Waals surface area contributed by atoms with Crippen molar-refractivity contribution in [1.82, 2.24) is 10.3 Å². The number of amides is 2. The van der Waals surface area contributed by atoms with Crippen molar-refractivity contribution in [2.45, 2.75) is 40.2 Å². The van der Waals surface area contributed by atoms with Gasteiger partial charge in [0, 0.05) is 6.42 Å². The minimum atomic E-state index is -0.575. The third kappa shape index (κ3) is 5.81. The minimum absolute atomic E-state index is 0.0112. The van der Waals surface area contributed by atoms with Gasteiger partial charge in [0.15, 0.2) is 0 Å². The number of anilines is 2. The fraction of sp³-hybridized carbons (Fsp3) is 0.533. The number of nitrogens with zero attached hydrogens (tertiary/aromatic N) is 1. The summed E-state index contributed by atoms with van der Waals surface area (Å²) in [5.41, 5.74) is 6.05. The van der Waals surface area contributed by atoms with E-state index in [1.54, 1.807) is 12.1 Å². The molecule has 0 saturated carbocycles. The zero-order chi connectivity index (χ0) is 16.0. The molecule has 0 aliphatic carbocycles. The van der Waals surface area contributed by atoms with Crippen LogP contribution in [0.5, 0.6) is 0 Å². The van der Waals surface area contributed by atoms with Crippen molar-refractivity contribution in [2.24, 2.45) is 11.8 Å². The SMILES string of the molecule is CC(C)CC(=O)NC(C(=O)Nc1ccc(N)nc1)C(C)C. The molecule has 21 heavy (non-hydrogen) atoms. The van der Waals surface area contributed by atoms with E-state index in [-0.39, 0.29) is 23.7 Å². The van der Waals surface area contributed by atoms with Crippen LogP contribution in [0.1, 0.15) is 34.1 Å². The molecule has 0 spiro atoms. The topological polar surface area (TPSA) is 97.1 Å². The second-order valence-corrected chi connectivity index (χ2v) is 5.85. The summed E-state index contributed by atoms with van der Waals surface area (Å²) < 4.78 is 0. The molecular formula is C15H24N4O2. The van der Waals surface area contributed by atoms with E-state index in [0.717, 1.165) is 0 Å². The molecule has 0 saturated heterocycles. The summed E-state index contributed by atoms with van der Waals surface area (Å²) >= 11 is 0. The highest BCUT2D eigenvalue weighted by atomic mass is 16.2. The molecule has 0 fully saturated rings. The van der Waals surface area contributed by atoms with Crippen LogP contribution in [0.15, 0.2) is 18.3 Å². The van der Waals surface area contributed by atoms with Crippen molar-refractivity contribution in [3.05, 3.63) is 18.3 Å². The van der Waals surface area contributed by atoms with E-state index < -0.39 is 6.04 Å². The molecular weight excluding hydrogens is 268 g/mol. The van der Waals surface area contributed by atoms with E-state index in [1.807, 2.05) is 27.7 Å². The van der Waals surface area contributed by atoms with E-state index in [9.17, 15) is 9.59 Å². The van der Waals surface area contributed by atoms with Crippen LogP contribution in [0.2, 0.25) is 0 Å². The minimum Gasteiger partial charge on any atom is -0.384 e. The number of rotatable bonds is 6. The number of carbonyl (C=O) groups is 2. The second kappa shape index (κ2) is 7.61. The maximum Gasteiger partial charge on any atom is 0.247 e. The highest BCUT2D eigenvalue weighted by Gasteiger charge is 2.24. The molecule has 116 valence electrons. The van der Waals surface area contributed by atoms with Gasteiger partial charge in [0.25, 0.3) is 0 Å². The summed E-state index contributed by atoms with van der Waals surface area (Å²) in [6, 6.07) is 2.71. The van der Waals surface area contributed by atoms with Gasteiger partial charge in [0.05, 0.1) is 11.9 Å². The van der Waals surface area contributed by atoms with Gasteiger partial charge in [-0.1, -0.05) is 27.7 Å². The second-order valence-electron chi connectivity index (χ2n) is 5.85. The van der Waals surface area contributed by atoms with Crippen molar-refractivity contribution < 1.29 is 9.59 Å². The molecule has 6 heteroatoms. The molecule has 1 aromatic heterocycles. The lowest BCUT2D eigenvalue weighted by Crippen LogP contribution is -2.47. The van der Waals surface area contributed by atoms with Crippen molar-refractivity contribution in [3.63, 3.8) is 0 Å². The Hall–Kier alpha value is -2.11. The van der Waals surface area contributed by atoms with Gasteiger partial charge in [-0.2, -0.15) is 0 Å². The summed E-state index contributed by atoms with van der Waals surface area (Å²) in [6.45, 7) is 7.70. The maximum absolute atomic E-state index is 12.3. The Bertz CT molecular complexity index is 483. The summed E-state index contributed by atoms with van der Waals surface area (Å²) in [5, 5.41) is 5.52. The quantitative estimate of drug-likeness (QED) is 0.744. The van der Waals surface area contributed by atoms with Crippen LogP contribution < -0.4 is 16.4 Å². The number of aromatic nitrogens is 1. The van der Waals surface area contributed by atoms with Gasteiger partial charge in [-0.3, -0.25) is 9.59 Å². The lowest BCUT2D eigenvalue weighted by molar-refractivity contribution is -0.127. The number of carbonyl (C=O) groups excluding carboxylic acids is 2. The van der Waals surface area contributed by atoms with Crippen LogP contribution in [0, 0.1) is 11.8 Å². The summed E-state index contributed by atoms with van der Waals surface area (Å²) in [7, 11) is 0. The summed E-state index contributed by atoms with van der Waals surface area (Å²) in [6.07, 6.45) is 1.89. The molecule has 1 heterocycles. The van der Waals surface area contributed by atoms with E-state index in [0.29, 0.717) is 17.9 Å².